The summed E-state index contributed by atoms with van der Waals surface area (Å²) < 4.78 is 78.4. The van der Waals surface area contributed by atoms with Gasteiger partial charge in [0.15, 0.2) is 12.6 Å². The number of aliphatic imine (C=N–C) groups is 1. The van der Waals surface area contributed by atoms with Crippen molar-refractivity contribution in [3.8, 4) is 5.88 Å². The van der Waals surface area contributed by atoms with Gasteiger partial charge in [-0.2, -0.15) is 26.3 Å². The number of likely N-dealkylation sites (tertiary alicyclic amines) is 1. The lowest BCUT2D eigenvalue weighted by Gasteiger charge is -2.19. The predicted octanol–water partition coefficient (Wildman–Crippen LogP) is 2.71. The number of hydrogen-bond donors (Lipinski definition) is 2. The van der Waals surface area contributed by atoms with Crippen LogP contribution in [-0.4, -0.2) is 67.0 Å². The molecule has 1 aromatic heterocycles. The fraction of sp³-hybridized carbons (Fsp3) is 0.647. The number of guanidine groups is 1. The molecule has 1 unspecified atom stereocenters. The molecule has 0 amide bonds. The summed E-state index contributed by atoms with van der Waals surface area (Å²) in [5.74, 6) is 0.305. The molecule has 0 spiro atoms. The Morgan fingerprint density at radius 1 is 1.24 bits per heavy atom. The molecule has 2 heterocycles. The second kappa shape index (κ2) is 9.99. The number of rotatable bonds is 7. The van der Waals surface area contributed by atoms with E-state index >= 15 is 0 Å². The Morgan fingerprint density at radius 2 is 2.00 bits per heavy atom. The normalized spacial score (nSPS) is 18.7. The first kappa shape index (κ1) is 23.0. The summed E-state index contributed by atoms with van der Waals surface area (Å²) in [6.45, 7) is 0.868. The van der Waals surface area contributed by atoms with Gasteiger partial charge in [-0.3, -0.25) is 4.90 Å². The van der Waals surface area contributed by atoms with E-state index in [4.69, 9.17) is 0 Å². The average molecular weight is 427 g/mol. The molecule has 1 aliphatic heterocycles. The van der Waals surface area contributed by atoms with Gasteiger partial charge < -0.3 is 15.4 Å². The van der Waals surface area contributed by atoms with Gasteiger partial charge in [0.05, 0.1) is 13.1 Å². The largest absolute Gasteiger partial charge is 0.468 e. The molecule has 1 fully saturated rings. The average Bonchev–Trinajstić information content (AvgIpc) is 3.03. The summed E-state index contributed by atoms with van der Waals surface area (Å²) in [7, 11) is 0. The van der Waals surface area contributed by atoms with Gasteiger partial charge in [-0.25, -0.2) is 9.98 Å². The number of hydrogen-bond acceptors (Lipinski definition) is 4. The van der Waals surface area contributed by atoms with Gasteiger partial charge >= 0.3 is 12.4 Å². The maximum atomic E-state index is 12.5. The molecule has 0 saturated carbocycles. The Labute approximate surface area is 164 Å². The highest BCUT2D eigenvalue weighted by molar-refractivity contribution is 5.80. The van der Waals surface area contributed by atoms with E-state index in [0.717, 1.165) is 0 Å². The van der Waals surface area contributed by atoms with E-state index in [1.54, 1.807) is 6.07 Å². The van der Waals surface area contributed by atoms with Crippen molar-refractivity contribution in [2.24, 2.45) is 4.99 Å². The molecular formula is C17H23F6N5O. The quantitative estimate of drug-likeness (QED) is 0.398. The first-order chi connectivity index (χ1) is 13.5. The van der Waals surface area contributed by atoms with Crippen molar-refractivity contribution in [2.45, 2.75) is 38.3 Å². The maximum absolute atomic E-state index is 12.5. The standard InChI is InChI=1S/C17H23F6N5O/c1-2-24-15(27-13-5-6-28(9-13)10-16(18,19)20)26-8-12-3-4-14(25-7-12)29-11-17(21,22)23/h3-4,7,13H,2,5-6,8-11H2,1H3,(H2,24,26,27). The highest BCUT2D eigenvalue weighted by Gasteiger charge is 2.34. The SMILES string of the molecule is CCNC(=NCc1ccc(OCC(F)(F)F)nc1)NC1CCN(CC(F)(F)F)C1. The molecule has 0 bridgehead atoms. The molecule has 0 radical (unpaired) electrons. The Bertz CT molecular complexity index is 662. The van der Waals surface area contributed by atoms with Gasteiger partial charge in [0.25, 0.3) is 0 Å². The van der Waals surface area contributed by atoms with Crippen LogP contribution in [0.1, 0.15) is 18.9 Å². The van der Waals surface area contributed by atoms with Crippen LogP contribution in [0.15, 0.2) is 23.3 Å². The van der Waals surface area contributed by atoms with E-state index in [-0.39, 0.29) is 25.0 Å². The van der Waals surface area contributed by atoms with Crippen LogP contribution in [0.25, 0.3) is 0 Å². The molecule has 2 N–H and O–H groups in total. The molecule has 6 nitrogen and oxygen atoms in total. The monoisotopic (exact) mass is 427 g/mol. The highest BCUT2D eigenvalue weighted by Crippen LogP contribution is 2.20. The summed E-state index contributed by atoms with van der Waals surface area (Å²) in [5, 5.41) is 6.13. The fourth-order valence-corrected chi connectivity index (χ4v) is 2.78. The molecule has 29 heavy (non-hydrogen) atoms. The zero-order valence-electron chi connectivity index (χ0n) is 15.8. The smallest absolute Gasteiger partial charge is 0.422 e. The summed E-state index contributed by atoms with van der Waals surface area (Å²) in [6, 6.07) is 2.71. The van der Waals surface area contributed by atoms with Crippen molar-refractivity contribution < 1.29 is 31.1 Å². The van der Waals surface area contributed by atoms with Gasteiger partial charge in [-0.1, -0.05) is 6.07 Å². The molecule has 0 aromatic carbocycles. The number of ether oxygens (including phenoxy) is 1. The Balaban J connectivity index is 1.87. The predicted molar refractivity (Wildman–Crippen MR) is 94.6 cm³/mol. The Hall–Kier alpha value is -2.24. The Kier molecular flexibility index (Phi) is 7.94. The van der Waals surface area contributed by atoms with E-state index in [9.17, 15) is 26.3 Å². The second-order valence-electron chi connectivity index (χ2n) is 6.58. The van der Waals surface area contributed by atoms with Crippen LogP contribution >= 0.6 is 0 Å². The summed E-state index contributed by atoms with van der Waals surface area (Å²) >= 11 is 0. The van der Waals surface area contributed by atoms with Crippen molar-refractivity contribution in [1.82, 2.24) is 20.5 Å². The second-order valence-corrected chi connectivity index (χ2v) is 6.58. The van der Waals surface area contributed by atoms with Crippen LogP contribution in [0.3, 0.4) is 0 Å². The number of nitrogens with one attached hydrogen (secondary N) is 2. The summed E-state index contributed by atoms with van der Waals surface area (Å²) in [6.07, 6.45) is -6.74. The molecule has 164 valence electrons. The highest BCUT2D eigenvalue weighted by atomic mass is 19.4. The maximum Gasteiger partial charge on any atom is 0.422 e. The molecule has 2 rings (SSSR count). The van der Waals surface area contributed by atoms with Crippen molar-refractivity contribution in [1.29, 1.82) is 0 Å². The Morgan fingerprint density at radius 3 is 2.59 bits per heavy atom. The molecule has 1 saturated heterocycles. The zero-order chi connectivity index (χ0) is 21.5. The first-order valence-corrected chi connectivity index (χ1v) is 9.02. The third-order valence-corrected chi connectivity index (χ3v) is 3.96. The van der Waals surface area contributed by atoms with E-state index < -0.39 is 25.5 Å². The topological polar surface area (TPSA) is 61.8 Å². The van der Waals surface area contributed by atoms with E-state index in [1.165, 1.54) is 17.2 Å². The van der Waals surface area contributed by atoms with Crippen LogP contribution < -0.4 is 15.4 Å². The molecule has 12 heteroatoms. The van der Waals surface area contributed by atoms with Crippen molar-refractivity contribution in [3.63, 3.8) is 0 Å². The lowest BCUT2D eigenvalue weighted by Crippen LogP contribution is -2.45. The number of halogens is 6. The fourth-order valence-electron chi connectivity index (χ4n) is 2.78. The number of nitrogens with zero attached hydrogens (tertiary/aromatic N) is 3. The van der Waals surface area contributed by atoms with Gasteiger partial charge in [-0.15, -0.1) is 0 Å². The van der Waals surface area contributed by atoms with Crippen LogP contribution in [-0.2, 0) is 6.54 Å². The molecule has 1 aliphatic rings. The summed E-state index contributed by atoms with van der Waals surface area (Å²) in [4.78, 5) is 9.50. The lowest BCUT2D eigenvalue weighted by molar-refractivity contribution is -0.154. The van der Waals surface area contributed by atoms with Gasteiger partial charge in [0, 0.05) is 37.9 Å². The first-order valence-electron chi connectivity index (χ1n) is 9.02. The number of aromatic nitrogens is 1. The van der Waals surface area contributed by atoms with Gasteiger partial charge in [-0.05, 0) is 18.9 Å². The van der Waals surface area contributed by atoms with E-state index in [0.29, 0.717) is 31.0 Å². The zero-order valence-corrected chi connectivity index (χ0v) is 15.8. The van der Waals surface area contributed by atoms with Gasteiger partial charge in [0.2, 0.25) is 5.88 Å². The summed E-state index contributed by atoms with van der Waals surface area (Å²) in [5.41, 5.74) is 0.645. The van der Waals surface area contributed by atoms with Crippen molar-refractivity contribution in [2.75, 3.05) is 32.8 Å². The third kappa shape index (κ3) is 9.20. The van der Waals surface area contributed by atoms with Crippen LogP contribution in [0, 0.1) is 0 Å². The number of alkyl halides is 6. The molecule has 0 aliphatic carbocycles. The van der Waals surface area contributed by atoms with Crippen LogP contribution in [0.5, 0.6) is 5.88 Å². The lowest BCUT2D eigenvalue weighted by atomic mass is 10.2. The van der Waals surface area contributed by atoms with Crippen molar-refractivity contribution >= 4 is 5.96 Å². The van der Waals surface area contributed by atoms with Crippen LogP contribution in [0.2, 0.25) is 0 Å². The minimum absolute atomic E-state index is 0.143. The van der Waals surface area contributed by atoms with E-state index in [1.807, 2.05) is 6.92 Å². The van der Waals surface area contributed by atoms with Crippen molar-refractivity contribution in [3.05, 3.63) is 23.9 Å². The van der Waals surface area contributed by atoms with Gasteiger partial charge in [0.1, 0.15) is 0 Å². The molecule has 1 atom stereocenters. The van der Waals surface area contributed by atoms with E-state index in [2.05, 4.69) is 25.3 Å². The van der Waals surface area contributed by atoms with Crippen LogP contribution in [0.4, 0.5) is 26.3 Å². The third-order valence-electron chi connectivity index (χ3n) is 3.96. The minimum atomic E-state index is -4.44. The number of pyridine rings is 1. The molecule has 1 aromatic rings. The minimum Gasteiger partial charge on any atom is -0.468 e. The molecular weight excluding hydrogens is 404 g/mol.